The van der Waals surface area contributed by atoms with E-state index in [0.717, 1.165) is 112 Å². The summed E-state index contributed by atoms with van der Waals surface area (Å²) in [6.45, 7) is -0.745. The third kappa shape index (κ3) is 7.23. The fraction of sp³-hybridized carbons (Fsp3) is 0. The van der Waals surface area contributed by atoms with Crippen LogP contribution in [-0.4, -0.2) is 18.0 Å². The van der Waals surface area contributed by atoms with Gasteiger partial charge in [0.15, 0.2) is 0 Å². The van der Waals surface area contributed by atoms with Crippen molar-refractivity contribution in [3.8, 4) is 28.3 Å². The Morgan fingerprint density at radius 2 is 0.802 bits per heavy atom. The lowest BCUT2D eigenvalue weighted by molar-refractivity contribution is 0.487. The Morgan fingerprint density at radius 3 is 1.40 bits per heavy atom. The van der Waals surface area contributed by atoms with Gasteiger partial charge in [0.1, 0.15) is 11.5 Å². The zero-order chi connectivity index (χ0) is 63.4. The number of rotatable bonds is 8. The maximum Gasteiger partial charge on any atom is 0.256 e. The molecule has 5 heterocycles. The molecule has 0 fully saturated rings. The number of hydrogen-bond acceptors (Lipinski definition) is 5. The largest absolute Gasteiger partial charge is 0.458 e. The van der Waals surface area contributed by atoms with E-state index in [9.17, 15) is 5.48 Å². The molecule has 0 unspecified atom stereocenters. The number of nitrogens with zero attached hydrogens (tertiary/aromatic N) is 5. The Kier molecular flexibility index (Phi) is 9.12. The molecule has 0 aliphatic carbocycles. The topological polar surface area (TPSA) is 27.1 Å². The number of anilines is 12. The van der Waals surface area contributed by atoms with E-state index < -0.39 is 43.0 Å². The van der Waals surface area contributed by atoms with Crippen LogP contribution in [0, 0.1) is 0 Å². The maximum absolute atomic E-state index is 9.59. The molecule has 1 aromatic heterocycles. The van der Waals surface area contributed by atoms with Gasteiger partial charge in [-0.1, -0.05) is 200 Å². The van der Waals surface area contributed by atoms with Crippen LogP contribution >= 0.6 is 0 Å². The second-order valence-corrected chi connectivity index (χ2v) is 22.2. The van der Waals surface area contributed by atoms with Crippen LogP contribution in [0.25, 0.3) is 38.6 Å². The highest BCUT2D eigenvalue weighted by atomic mass is 16.5. The quantitative estimate of drug-likeness (QED) is 0.141. The molecule has 0 radical (unpaired) electrons. The molecule has 0 spiro atoms. The fourth-order valence-corrected chi connectivity index (χ4v) is 14.1. The molecule has 4 aliphatic heterocycles. The first-order valence-corrected chi connectivity index (χ1v) is 29.0. The highest BCUT2D eigenvalue weighted by molar-refractivity contribution is 7.02. The van der Waals surface area contributed by atoms with E-state index in [1.807, 2.05) is 54.6 Å². The number of aromatic nitrogens is 1. The van der Waals surface area contributed by atoms with Crippen LogP contribution in [0.5, 0.6) is 11.5 Å². The first kappa shape index (κ1) is 40.9. The summed E-state index contributed by atoms with van der Waals surface area (Å²) < 4.78 is 83.0. The highest BCUT2D eigenvalue weighted by Crippen LogP contribution is 2.51. The molecule has 8 heteroatoms. The first-order valence-electron chi connectivity index (χ1n) is 33.0. The number of ether oxygens (including phenoxy) is 1. The second kappa shape index (κ2) is 19.2. The van der Waals surface area contributed by atoms with E-state index in [1.165, 1.54) is 0 Å². The monoisotopic (exact) mass is 1100 g/mol. The standard InChI is InChI=1S/C78H51B2N5O/c1-6-26-52(27-7-1)59-36-16-21-41-66(59)85-71-51-75-65(80-63-40-20-25-45-70(63)83(56-34-14-5-15-35-56)74-48-58(49-76(86-75)78(74)80)84-67-42-22-17-37-60(67)61-38-18-23-43-68(61)84)50-64(71)79-62-39-19-24-44-69(62)82(55-32-12-4-13-33-55)72-46-57(47-73(85)77(72)79)81(53-28-8-2-9-29-53)54-30-10-3-11-31-54/h1-51H/i17D,18D,22D,23D,37D,38D,42D,43D. The van der Waals surface area contributed by atoms with Crippen molar-refractivity contribution in [2.45, 2.75) is 0 Å². The predicted molar refractivity (Wildman–Crippen MR) is 361 cm³/mol. The fourth-order valence-electron chi connectivity index (χ4n) is 14.1. The van der Waals surface area contributed by atoms with E-state index in [-0.39, 0.29) is 40.6 Å². The SMILES string of the molecule is [2H]c1c([2H])c([2H])c2c(c1[2H])c1c([2H])c([2H])c([2H])c([2H])c1n2-c1cc2c3c(c1)N(c1ccccc1)c1ccccc1B3c1cc3c(cc1O2)N(c1ccccc1-c1ccccc1)c1cc(N(c2ccccc2)c2ccccc2)cc2c1B3c1ccccc1N2c1ccccc1. The lowest BCUT2D eigenvalue weighted by atomic mass is 9.30. The van der Waals surface area contributed by atoms with Crippen molar-refractivity contribution in [1.29, 1.82) is 0 Å². The van der Waals surface area contributed by atoms with Gasteiger partial charge in [-0.15, -0.1) is 0 Å². The summed E-state index contributed by atoms with van der Waals surface area (Å²) in [6, 6.07) is 87.8. The molecule has 86 heavy (non-hydrogen) atoms. The Bertz CT molecular complexity index is 5400. The van der Waals surface area contributed by atoms with Gasteiger partial charge in [-0.25, -0.2) is 0 Å². The highest BCUT2D eigenvalue weighted by Gasteiger charge is 2.48. The summed E-state index contributed by atoms with van der Waals surface area (Å²) >= 11 is 0. The van der Waals surface area contributed by atoms with Crippen LogP contribution in [0.2, 0.25) is 0 Å². The molecule has 4 aliphatic rings. The second-order valence-electron chi connectivity index (χ2n) is 22.2. The molecule has 18 rings (SSSR count). The number of fused-ring (bicyclic) bond motifs is 11. The van der Waals surface area contributed by atoms with Crippen LogP contribution < -0.4 is 57.1 Å². The third-order valence-corrected chi connectivity index (χ3v) is 17.6. The molecular weight excluding hydrogens is 1040 g/mol. The summed E-state index contributed by atoms with van der Waals surface area (Å²) in [5, 5.41) is -0.00982. The van der Waals surface area contributed by atoms with Crippen molar-refractivity contribution in [3.63, 3.8) is 0 Å². The van der Waals surface area contributed by atoms with Crippen molar-refractivity contribution >= 4 is 136 Å². The zero-order valence-corrected chi connectivity index (χ0v) is 46.1. The van der Waals surface area contributed by atoms with E-state index in [0.29, 0.717) is 17.2 Å². The minimum absolute atomic E-state index is 0.00491. The molecular formula is C78H51B2N5O. The van der Waals surface area contributed by atoms with Crippen molar-refractivity contribution in [3.05, 3.63) is 309 Å². The molecule has 0 atom stereocenters. The summed E-state index contributed by atoms with van der Waals surface area (Å²) in [5.74, 6) is 1.07. The number of benzene rings is 13. The Hall–Kier alpha value is -11.2. The Labute approximate surface area is 511 Å². The first-order chi connectivity index (χ1) is 46.0. The summed E-state index contributed by atoms with van der Waals surface area (Å²) in [6.07, 6.45) is 0. The third-order valence-electron chi connectivity index (χ3n) is 17.6. The molecule has 0 N–H and O–H groups in total. The van der Waals surface area contributed by atoms with E-state index in [2.05, 4.69) is 226 Å². The van der Waals surface area contributed by atoms with Gasteiger partial charge in [0, 0.05) is 85.3 Å². The smallest absolute Gasteiger partial charge is 0.256 e. The van der Waals surface area contributed by atoms with Gasteiger partial charge in [-0.2, -0.15) is 0 Å². The lowest BCUT2D eigenvalue weighted by Crippen LogP contribution is -2.64. The van der Waals surface area contributed by atoms with Crippen LogP contribution in [0.4, 0.5) is 68.2 Å². The van der Waals surface area contributed by atoms with Crippen molar-refractivity contribution < 1.29 is 15.7 Å². The van der Waals surface area contributed by atoms with E-state index in [4.69, 9.17) is 10.2 Å². The molecule has 0 bridgehead atoms. The minimum Gasteiger partial charge on any atom is -0.458 e. The Balaban J connectivity index is 0.960. The lowest BCUT2D eigenvalue weighted by Gasteiger charge is -2.46. The van der Waals surface area contributed by atoms with Crippen molar-refractivity contribution in [2.24, 2.45) is 0 Å². The van der Waals surface area contributed by atoms with Gasteiger partial charge in [0.2, 0.25) is 0 Å². The molecule has 0 amide bonds. The van der Waals surface area contributed by atoms with Gasteiger partial charge in [0.05, 0.1) is 39.1 Å². The van der Waals surface area contributed by atoms with E-state index in [1.54, 1.807) is 4.57 Å². The summed E-state index contributed by atoms with van der Waals surface area (Å²) in [4.78, 5) is 9.40. The summed E-state index contributed by atoms with van der Waals surface area (Å²) in [5.41, 5.74) is 20.0. The van der Waals surface area contributed by atoms with Crippen molar-refractivity contribution in [1.82, 2.24) is 4.57 Å². The van der Waals surface area contributed by atoms with Gasteiger partial charge in [-0.3, -0.25) is 0 Å². The minimum atomic E-state index is -0.507. The normalized spacial score (nSPS) is 14.4. The molecule has 0 saturated heterocycles. The predicted octanol–water partition coefficient (Wildman–Crippen LogP) is 16.4. The molecule has 6 nitrogen and oxygen atoms in total. The Morgan fingerprint density at radius 1 is 0.326 bits per heavy atom. The molecule has 14 aromatic rings. The van der Waals surface area contributed by atoms with E-state index >= 15 is 0 Å². The van der Waals surface area contributed by atoms with Crippen LogP contribution in [0.15, 0.2) is 309 Å². The van der Waals surface area contributed by atoms with Gasteiger partial charge < -0.3 is 28.9 Å². The molecule has 13 aromatic carbocycles. The zero-order valence-electron chi connectivity index (χ0n) is 54.1. The van der Waals surface area contributed by atoms with Crippen LogP contribution in [0.1, 0.15) is 11.0 Å². The average Bonchev–Trinajstić information content (AvgIpc) is 0.868. The average molecular weight is 1100 g/mol. The number of hydrogen-bond donors (Lipinski definition) is 0. The van der Waals surface area contributed by atoms with Crippen LogP contribution in [-0.2, 0) is 0 Å². The maximum atomic E-state index is 9.59. The van der Waals surface area contributed by atoms with Gasteiger partial charge in [0.25, 0.3) is 13.4 Å². The summed E-state index contributed by atoms with van der Waals surface area (Å²) in [7, 11) is 0. The number of para-hydroxylation sites is 9. The van der Waals surface area contributed by atoms with Crippen LogP contribution in [0.3, 0.4) is 0 Å². The molecule has 0 saturated carbocycles. The molecule has 400 valence electrons. The van der Waals surface area contributed by atoms with Crippen molar-refractivity contribution in [2.75, 3.05) is 19.6 Å². The van der Waals surface area contributed by atoms with Gasteiger partial charge >= 0.3 is 0 Å². The van der Waals surface area contributed by atoms with Gasteiger partial charge in [-0.05, 0) is 135 Å².